The van der Waals surface area contributed by atoms with Gasteiger partial charge in [-0.2, -0.15) is 0 Å². The summed E-state index contributed by atoms with van der Waals surface area (Å²) in [5.74, 6) is -0.301. The second-order valence-corrected chi connectivity index (χ2v) is 4.93. The van der Waals surface area contributed by atoms with Crippen molar-refractivity contribution >= 4 is 17.4 Å². The Morgan fingerprint density at radius 3 is 2.62 bits per heavy atom. The number of hydrogen-bond donors (Lipinski definition) is 1. The molecule has 0 aliphatic rings. The highest BCUT2D eigenvalue weighted by atomic mass is 16.6. The molecule has 1 amide bonds. The molecule has 0 aliphatic carbocycles. The number of rotatable bonds is 7. The van der Waals surface area contributed by atoms with Gasteiger partial charge in [0.2, 0.25) is 0 Å². The van der Waals surface area contributed by atoms with E-state index in [1.165, 1.54) is 6.07 Å². The Morgan fingerprint density at radius 1 is 1.43 bits per heavy atom. The molecule has 0 unspecified atom stereocenters. The van der Waals surface area contributed by atoms with E-state index in [0.29, 0.717) is 13.1 Å². The Labute approximate surface area is 123 Å². The van der Waals surface area contributed by atoms with E-state index in [1.807, 2.05) is 25.9 Å². The second-order valence-electron chi connectivity index (χ2n) is 4.93. The lowest BCUT2D eigenvalue weighted by atomic mass is 10.2. The first-order valence-corrected chi connectivity index (χ1v) is 6.70. The molecule has 1 heterocycles. The van der Waals surface area contributed by atoms with Crippen LogP contribution < -0.4 is 5.73 Å². The minimum Gasteiger partial charge on any atom is -0.384 e. The lowest BCUT2D eigenvalue weighted by molar-refractivity contribution is -0.385. The number of nitrogens with two attached hydrogens (primary N) is 1. The third kappa shape index (κ3) is 4.67. The summed E-state index contributed by atoms with van der Waals surface area (Å²) in [6, 6.07) is 1.26. The number of carbonyl (C=O) groups is 1. The molecule has 1 rings (SSSR count). The number of hydrogen-bond acceptors (Lipinski definition) is 6. The molecular weight excluding hydrogens is 274 g/mol. The molecule has 2 N–H and O–H groups in total. The monoisotopic (exact) mass is 295 g/mol. The second kappa shape index (κ2) is 7.53. The molecule has 21 heavy (non-hydrogen) atoms. The van der Waals surface area contributed by atoms with Crippen LogP contribution in [0.4, 0.5) is 11.5 Å². The van der Waals surface area contributed by atoms with Crippen molar-refractivity contribution in [3.63, 3.8) is 0 Å². The predicted octanol–water partition coefficient (Wildman–Crippen LogP) is 0.986. The van der Waals surface area contributed by atoms with Gasteiger partial charge in [0.1, 0.15) is 17.6 Å². The maximum atomic E-state index is 12.5. The molecule has 0 spiro atoms. The lowest BCUT2D eigenvalue weighted by Gasteiger charge is -2.21. The van der Waals surface area contributed by atoms with Crippen LogP contribution in [0.5, 0.6) is 0 Å². The summed E-state index contributed by atoms with van der Waals surface area (Å²) in [5, 5.41) is 11.0. The number of amides is 1. The maximum absolute atomic E-state index is 12.5. The average Bonchev–Trinajstić information content (AvgIpc) is 2.42. The van der Waals surface area contributed by atoms with Gasteiger partial charge in [0, 0.05) is 13.1 Å². The van der Waals surface area contributed by atoms with Crippen molar-refractivity contribution in [1.29, 1.82) is 0 Å². The van der Waals surface area contributed by atoms with Gasteiger partial charge < -0.3 is 15.5 Å². The highest BCUT2D eigenvalue weighted by Crippen LogP contribution is 2.21. The SMILES string of the molecule is CCN(CCCN(C)C)C(=O)c1cc(N)ncc1[N+](=O)[O-]. The zero-order valence-electron chi connectivity index (χ0n) is 12.6. The van der Waals surface area contributed by atoms with Crippen LogP contribution in [0.25, 0.3) is 0 Å². The Kier molecular flexibility index (Phi) is 6.04. The van der Waals surface area contributed by atoms with E-state index in [9.17, 15) is 14.9 Å². The molecule has 116 valence electrons. The number of nitrogens with zero attached hydrogens (tertiary/aromatic N) is 4. The van der Waals surface area contributed by atoms with Gasteiger partial charge >= 0.3 is 0 Å². The van der Waals surface area contributed by atoms with Crippen molar-refractivity contribution < 1.29 is 9.72 Å². The van der Waals surface area contributed by atoms with Gasteiger partial charge in [-0.05, 0) is 40.1 Å². The van der Waals surface area contributed by atoms with Crippen LogP contribution in [-0.2, 0) is 0 Å². The van der Waals surface area contributed by atoms with Gasteiger partial charge in [-0.1, -0.05) is 0 Å². The fourth-order valence-corrected chi connectivity index (χ4v) is 1.93. The number of aromatic nitrogens is 1. The Morgan fingerprint density at radius 2 is 2.10 bits per heavy atom. The lowest BCUT2D eigenvalue weighted by Crippen LogP contribution is -2.33. The molecule has 0 bridgehead atoms. The number of anilines is 1. The highest BCUT2D eigenvalue weighted by Gasteiger charge is 2.24. The minimum atomic E-state index is -0.618. The normalized spacial score (nSPS) is 10.7. The third-order valence-corrected chi connectivity index (χ3v) is 3.03. The van der Waals surface area contributed by atoms with Crippen LogP contribution in [0, 0.1) is 10.1 Å². The quantitative estimate of drug-likeness (QED) is 0.594. The fraction of sp³-hybridized carbons (Fsp3) is 0.538. The standard InChI is InChI=1S/C13H21N5O3/c1-4-17(7-5-6-16(2)3)13(19)10-8-12(14)15-9-11(10)18(20)21/h8-9H,4-7H2,1-3H3,(H2,14,15). The Hall–Kier alpha value is -2.22. The van der Waals surface area contributed by atoms with Crippen molar-refractivity contribution in [1.82, 2.24) is 14.8 Å². The van der Waals surface area contributed by atoms with Gasteiger partial charge in [0.25, 0.3) is 11.6 Å². The van der Waals surface area contributed by atoms with Gasteiger partial charge in [-0.25, -0.2) is 4.98 Å². The predicted molar refractivity (Wildman–Crippen MR) is 80.1 cm³/mol. The third-order valence-electron chi connectivity index (χ3n) is 3.03. The minimum absolute atomic E-state index is 0.0146. The molecule has 0 aliphatic heterocycles. The topological polar surface area (TPSA) is 106 Å². The average molecular weight is 295 g/mol. The highest BCUT2D eigenvalue weighted by molar-refractivity contribution is 5.98. The molecule has 1 aromatic heterocycles. The number of nitro groups is 1. The van der Waals surface area contributed by atoms with Crippen LogP contribution in [-0.4, -0.2) is 59.3 Å². The molecule has 0 atom stereocenters. The summed E-state index contributed by atoms with van der Waals surface area (Å²) in [6.07, 6.45) is 1.82. The fourth-order valence-electron chi connectivity index (χ4n) is 1.93. The largest absolute Gasteiger partial charge is 0.384 e. The van der Waals surface area contributed by atoms with Crippen LogP contribution in [0.3, 0.4) is 0 Å². The summed E-state index contributed by atoms with van der Waals surface area (Å²) in [7, 11) is 3.90. The summed E-state index contributed by atoms with van der Waals surface area (Å²) >= 11 is 0. The first kappa shape index (κ1) is 16.8. The van der Waals surface area contributed by atoms with E-state index in [1.54, 1.807) is 4.90 Å². The van der Waals surface area contributed by atoms with E-state index < -0.39 is 10.8 Å². The summed E-state index contributed by atoms with van der Waals surface area (Å²) < 4.78 is 0. The molecule has 8 nitrogen and oxygen atoms in total. The smallest absolute Gasteiger partial charge is 0.300 e. The zero-order valence-corrected chi connectivity index (χ0v) is 12.6. The van der Waals surface area contributed by atoms with Crippen molar-refractivity contribution in [2.24, 2.45) is 0 Å². The van der Waals surface area contributed by atoms with Crippen molar-refractivity contribution in [2.75, 3.05) is 39.5 Å². The van der Waals surface area contributed by atoms with E-state index >= 15 is 0 Å². The molecule has 1 aromatic rings. The van der Waals surface area contributed by atoms with Crippen LogP contribution in [0.1, 0.15) is 23.7 Å². The molecule has 0 saturated carbocycles. The van der Waals surface area contributed by atoms with Gasteiger partial charge in [-0.3, -0.25) is 14.9 Å². The van der Waals surface area contributed by atoms with Gasteiger partial charge in [0.15, 0.2) is 0 Å². The summed E-state index contributed by atoms with van der Waals surface area (Å²) in [4.78, 5) is 30.1. The Balaban J connectivity index is 2.94. The zero-order chi connectivity index (χ0) is 16.0. The molecule has 0 radical (unpaired) electrons. The van der Waals surface area contributed by atoms with Crippen molar-refractivity contribution in [3.05, 3.63) is 27.9 Å². The van der Waals surface area contributed by atoms with E-state index in [4.69, 9.17) is 5.73 Å². The summed E-state index contributed by atoms with van der Waals surface area (Å²) in [5.41, 5.74) is 5.20. The van der Waals surface area contributed by atoms with E-state index in [2.05, 4.69) is 4.98 Å². The van der Waals surface area contributed by atoms with Crippen LogP contribution in [0.2, 0.25) is 0 Å². The first-order chi connectivity index (χ1) is 9.86. The maximum Gasteiger partial charge on any atom is 0.300 e. The molecule has 0 fully saturated rings. The summed E-state index contributed by atoms with van der Waals surface area (Å²) in [6.45, 7) is 3.69. The van der Waals surface area contributed by atoms with Crippen LogP contribution in [0.15, 0.2) is 12.3 Å². The first-order valence-electron chi connectivity index (χ1n) is 6.70. The van der Waals surface area contributed by atoms with E-state index in [0.717, 1.165) is 19.2 Å². The van der Waals surface area contributed by atoms with Gasteiger partial charge in [0.05, 0.1) is 4.92 Å². The van der Waals surface area contributed by atoms with Gasteiger partial charge in [-0.15, -0.1) is 0 Å². The molecule has 0 saturated heterocycles. The van der Waals surface area contributed by atoms with Crippen molar-refractivity contribution in [3.8, 4) is 0 Å². The molecule has 8 heteroatoms. The number of carbonyl (C=O) groups excluding carboxylic acids is 1. The number of pyridine rings is 1. The molecule has 0 aromatic carbocycles. The van der Waals surface area contributed by atoms with Crippen LogP contribution >= 0.6 is 0 Å². The molecular formula is C13H21N5O3. The Bertz CT molecular complexity index is 519. The van der Waals surface area contributed by atoms with E-state index in [-0.39, 0.29) is 17.1 Å². The van der Waals surface area contributed by atoms with Crippen molar-refractivity contribution in [2.45, 2.75) is 13.3 Å². The number of nitrogen functional groups attached to an aromatic ring is 1.